The molecule has 0 atom stereocenters. The summed E-state index contributed by atoms with van der Waals surface area (Å²) in [5.74, 6) is -1.16. The zero-order chi connectivity index (χ0) is 20.7. The van der Waals surface area contributed by atoms with Gasteiger partial charge >= 0.3 is 12.1 Å². The van der Waals surface area contributed by atoms with Crippen LogP contribution in [0.3, 0.4) is 0 Å². The monoisotopic (exact) mass is 396 g/mol. The molecule has 0 saturated heterocycles. The molecule has 2 amide bonds. The number of benzene rings is 2. The van der Waals surface area contributed by atoms with Crippen LogP contribution in [0.1, 0.15) is 12.0 Å². The van der Waals surface area contributed by atoms with E-state index < -0.39 is 12.1 Å². The number of rotatable bonds is 7. The number of hydrogen-bond acceptors (Lipinski definition) is 4. The second kappa shape index (κ2) is 9.12. The number of amides is 2. The van der Waals surface area contributed by atoms with Crippen molar-refractivity contribution in [3.05, 3.63) is 48.0 Å². The van der Waals surface area contributed by atoms with Crippen LogP contribution in [-0.4, -0.2) is 32.2 Å². The van der Waals surface area contributed by atoms with E-state index in [-0.39, 0.29) is 18.0 Å². The van der Waals surface area contributed by atoms with E-state index in [1.807, 2.05) is 6.07 Å². The second-order valence-electron chi connectivity index (χ2n) is 5.77. The standard InChI is InChI=1S/C19H19F3N2O4/c1-27-15-9-3-12(11-16(15)28-2)4-10-17(25)23-13-5-7-14(8-6-13)24-18(26)19(20,21)22/h3,5-9,11H,4,10H2,1-2H3,(H,23,25)(H,24,26). The third-order valence-electron chi connectivity index (χ3n) is 3.77. The van der Waals surface area contributed by atoms with E-state index >= 15 is 0 Å². The Balaban J connectivity index is 1.89. The summed E-state index contributed by atoms with van der Waals surface area (Å²) >= 11 is 0. The molecule has 0 aliphatic heterocycles. The fraction of sp³-hybridized carbons (Fsp3) is 0.263. The van der Waals surface area contributed by atoms with Gasteiger partial charge in [0.1, 0.15) is 0 Å². The van der Waals surface area contributed by atoms with E-state index in [1.54, 1.807) is 17.4 Å². The number of anilines is 2. The van der Waals surface area contributed by atoms with Gasteiger partial charge < -0.3 is 20.1 Å². The first-order valence-electron chi connectivity index (χ1n) is 8.22. The molecule has 0 unspecified atom stereocenters. The quantitative estimate of drug-likeness (QED) is 0.747. The summed E-state index contributed by atoms with van der Waals surface area (Å²) in [5.41, 5.74) is 1.27. The maximum Gasteiger partial charge on any atom is 0.471 e. The smallest absolute Gasteiger partial charge is 0.471 e. The zero-order valence-electron chi connectivity index (χ0n) is 15.2. The molecule has 0 aromatic heterocycles. The predicted octanol–water partition coefficient (Wildman–Crippen LogP) is 3.78. The lowest BCUT2D eigenvalue weighted by atomic mass is 10.1. The molecule has 2 aromatic carbocycles. The van der Waals surface area contributed by atoms with E-state index in [0.717, 1.165) is 5.56 Å². The first-order chi connectivity index (χ1) is 13.2. The maximum absolute atomic E-state index is 12.2. The van der Waals surface area contributed by atoms with Crippen LogP contribution in [0.25, 0.3) is 0 Å². The molecule has 150 valence electrons. The molecule has 2 N–H and O–H groups in total. The number of carbonyl (C=O) groups excluding carboxylic acids is 2. The molecule has 2 rings (SSSR count). The van der Waals surface area contributed by atoms with Gasteiger partial charge in [-0.1, -0.05) is 6.07 Å². The Hall–Kier alpha value is -3.23. The van der Waals surface area contributed by atoms with E-state index in [1.165, 1.54) is 38.5 Å². The molecular formula is C19H19F3N2O4. The first kappa shape index (κ1) is 21.1. The molecule has 0 heterocycles. The van der Waals surface area contributed by atoms with Crippen molar-refractivity contribution in [2.75, 3.05) is 24.9 Å². The molecule has 28 heavy (non-hydrogen) atoms. The minimum atomic E-state index is -4.96. The number of hydrogen-bond donors (Lipinski definition) is 2. The minimum Gasteiger partial charge on any atom is -0.493 e. The van der Waals surface area contributed by atoms with Gasteiger partial charge in [-0.3, -0.25) is 9.59 Å². The topological polar surface area (TPSA) is 76.7 Å². The number of ether oxygens (including phenoxy) is 2. The van der Waals surface area contributed by atoms with Gasteiger partial charge in [0.05, 0.1) is 14.2 Å². The second-order valence-corrected chi connectivity index (χ2v) is 5.77. The summed E-state index contributed by atoms with van der Waals surface area (Å²) in [6.07, 6.45) is -4.30. The molecule has 0 radical (unpaired) electrons. The Morgan fingerprint density at radius 3 is 2.00 bits per heavy atom. The molecule has 0 saturated carbocycles. The number of aryl methyl sites for hydroxylation is 1. The third kappa shape index (κ3) is 5.90. The van der Waals surface area contributed by atoms with Gasteiger partial charge in [0, 0.05) is 17.8 Å². The Morgan fingerprint density at radius 2 is 1.46 bits per heavy atom. The number of methoxy groups -OCH3 is 2. The van der Waals surface area contributed by atoms with Crippen molar-refractivity contribution >= 4 is 23.2 Å². The van der Waals surface area contributed by atoms with Crippen molar-refractivity contribution in [1.82, 2.24) is 0 Å². The number of nitrogens with one attached hydrogen (secondary N) is 2. The largest absolute Gasteiger partial charge is 0.493 e. The molecule has 0 bridgehead atoms. The van der Waals surface area contributed by atoms with Crippen LogP contribution in [0, 0.1) is 0 Å². The minimum absolute atomic E-state index is 0.0225. The number of alkyl halides is 3. The first-order valence-corrected chi connectivity index (χ1v) is 8.22. The summed E-state index contributed by atoms with van der Waals surface area (Å²) in [7, 11) is 3.06. The van der Waals surface area contributed by atoms with Crippen LogP contribution in [0.4, 0.5) is 24.5 Å². The summed E-state index contributed by atoms with van der Waals surface area (Å²) in [4.78, 5) is 23.0. The fourth-order valence-electron chi connectivity index (χ4n) is 2.36. The van der Waals surface area contributed by atoms with Crippen LogP contribution < -0.4 is 20.1 Å². The molecule has 0 fully saturated rings. The molecule has 6 nitrogen and oxygen atoms in total. The Bertz CT molecular complexity index is 836. The van der Waals surface area contributed by atoms with Crippen LogP contribution in [-0.2, 0) is 16.0 Å². The Morgan fingerprint density at radius 1 is 0.893 bits per heavy atom. The van der Waals surface area contributed by atoms with Gasteiger partial charge in [0.25, 0.3) is 0 Å². The normalized spacial score (nSPS) is 10.9. The van der Waals surface area contributed by atoms with Crippen LogP contribution >= 0.6 is 0 Å². The SMILES string of the molecule is COc1ccc(CCC(=O)Nc2ccc(NC(=O)C(F)(F)F)cc2)cc1OC. The fourth-order valence-corrected chi connectivity index (χ4v) is 2.36. The lowest BCUT2D eigenvalue weighted by molar-refractivity contribution is -0.167. The van der Waals surface area contributed by atoms with E-state index in [0.29, 0.717) is 23.6 Å². The van der Waals surface area contributed by atoms with Gasteiger partial charge in [0.2, 0.25) is 5.91 Å². The average molecular weight is 396 g/mol. The third-order valence-corrected chi connectivity index (χ3v) is 3.77. The Kier molecular flexibility index (Phi) is 6.86. The van der Waals surface area contributed by atoms with Crippen LogP contribution in [0.15, 0.2) is 42.5 Å². The number of halogens is 3. The van der Waals surface area contributed by atoms with Gasteiger partial charge in [-0.05, 0) is 48.4 Å². The van der Waals surface area contributed by atoms with E-state index in [4.69, 9.17) is 9.47 Å². The Labute approximate surface area is 159 Å². The van der Waals surface area contributed by atoms with Crippen molar-refractivity contribution in [2.45, 2.75) is 19.0 Å². The molecular weight excluding hydrogens is 377 g/mol. The maximum atomic E-state index is 12.2. The zero-order valence-corrected chi connectivity index (χ0v) is 15.2. The van der Waals surface area contributed by atoms with Crippen molar-refractivity contribution in [2.24, 2.45) is 0 Å². The van der Waals surface area contributed by atoms with Crippen LogP contribution in [0.5, 0.6) is 11.5 Å². The van der Waals surface area contributed by atoms with Crippen molar-refractivity contribution in [3.8, 4) is 11.5 Å². The van der Waals surface area contributed by atoms with Crippen molar-refractivity contribution in [3.63, 3.8) is 0 Å². The van der Waals surface area contributed by atoms with Crippen LogP contribution in [0.2, 0.25) is 0 Å². The van der Waals surface area contributed by atoms with Gasteiger partial charge in [-0.25, -0.2) is 0 Å². The molecule has 0 aliphatic rings. The van der Waals surface area contributed by atoms with Gasteiger partial charge in [-0.15, -0.1) is 0 Å². The summed E-state index contributed by atoms with van der Waals surface area (Å²) in [5, 5.41) is 4.37. The molecule has 9 heteroatoms. The number of carbonyl (C=O) groups is 2. The van der Waals surface area contributed by atoms with Crippen molar-refractivity contribution in [1.29, 1.82) is 0 Å². The highest BCUT2D eigenvalue weighted by molar-refractivity contribution is 5.95. The predicted molar refractivity (Wildman–Crippen MR) is 97.6 cm³/mol. The summed E-state index contributed by atoms with van der Waals surface area (Å²) in [6, 6.07) is 10.7. The lowest BCUT2D eigenvalue weighted by Gasteiger charge is -2.10. The summed E-state index contributed by atoms with van der Waals surface area (Å²) < 4.78 is 47.0. The average Bonchev–Trinajstić information content (AvgIpc) is 2.66. The van der Waals surface area contributed by atoms with Crippen molar-refractivity contribution < 1.29 is 32.2 Å². The highest BCUT2D eigenvalue weighted by atomic mass is 19.4. The summed E-state index contributed by atoms with van der Waals surface area (Å²) in [6.45, 7) is 0. The van der Waals surface area contributed by atoms with Gasteiger partial charge in [-0.2, -0.15) is 13.2 Å². The van der Waals surface area contributed by atoms with Gasteiger partial charge in [0.15, 0.2) is 11.5 Å². The highest BCUT2D eigenvalue weighted by Crippen LogP contribution is 2.28. The lowest BCUT2D eigenvalue weighted by Crippen LogP contribution is -2.29. The molecule has 0 spiro atoms. The molecule has 2 aromatic rings. The highest BCUT2D eigenvalue weighted by Gasteiger charge is 2.38. The van der Waals surface area contributed by atoms with E-state index in [2.05, 4.69) is 5.32 Å². The molecule has 0 aliphatic carbocycles. The van der Waals surface area contributed by atoms with E-state index in [9.17, 15) is 22.8 Å².